The van der Waals surface area contributed by atoms with Gasteiger partial charge in [-0.1, -0.05) is 18.2 Å². The molecule has 2 amide bonds. The Labute approximate surface area is 177 Å². The molecule has 1 fully saturated rings. The van der Waals surface area contributed by atoms with Gasteiger partial charge in [0.2, 0.25) is 11.8 Å². The van der Waals surface area contributed by atoms with Gasteiger partial charge in [0, 0.05) is 31.9 Å². The van der Waals surface area contributed by atoms with Crippen molar-refractivity contribution in [3.63, 3.8) is 0 Å². The second-order valence-electron chi connectivity index (χ2n) is 8.51. The van der Waals surface area contributed by atoms with Gasteiger partial charge in [-0.25, -0.2) is 4.98 Å². The van der Waals surface area contributed by atoms with E-state index in [1.54, 1.807) is 6.33 Å². The molecule has 1 aromatic carbocycles. The first kappa shape index (κ1) is 20.4. The predicted molar refractivity (Wildman–Crippen MR) is 117 cm³/mol. The number of carbonyl (C=O) groups excluding carboxylic acids is 2. The van der Waals surface area contributed by atoms with E-state index in [2.05, 4.69) is 17.1 Å². The molecule has 0 saturated carbocycles. The molecule has 2 aromatic rings. The second kappa shape index (κ2) is 8.86. The lowest BCUT2D eigenvalue weighted by atomic mass is 9.84. The first-order valence-electron chi connectivity index (χ1n) is 10.9. The molecular formula is C24H30N4O2. The molecule has 6 nitrogen and oxygen atoms in total. The van der Waals surface area contributed by atoms with Crippen LogP contribution >= 0.6 is 0 Å². The number of nitrogens with zero attached hydrogens (tertiary/aromatic N) is 3. The summed E-state index contributed by atoms with van der Waals surface area (Å²) in [5.74, 6) is 0.177. The van der Waals surface area contributed by atoms with E-state index in [-0.39, 0.29) is 11.8 Å². The van der Waals surface area contributed by atoms with Gasteiger partial charge in [-0.15, -0.1) is 0 Å². The summed E-state index contributed by atoms with van der Waals surface area (Å²) in [6, 6.07) is 6.11. The van der Waals surface area contributed by atoms with Crippen LogP contribution in [0.4, 0.5) is 0 Å². The highest BCUT2D eigenvalue weighted by Crippen LogP contribution is 2.34. The van der Waals surface area contributed by atoms with Crippen molar-refractivity contribution in [2.45, 2.75) is 50.9 Å². The van der Waals surface area contributed by atoms with Gasteiger partial charge in [-0.05, 0) is 67.2 Å². The highest BCUT2D eigenvalue weighted by atomic mass is 16.2. The minimum atomic E-state index is -0.363. The number of nitrogens with two attached hydrogens (primary N) is 1. The second-order valence-corrected chi connectivity index (χ2v) is 8.51. The quantitative estimate of drug-likeness (QED) is 0.826. The van der Waals surface area contributed by atoms with E-state index < -0.39 is 0 Å². The molecule has 0 bridgehead atoms. The molecule has 6 heteroatoms. The van der Waals surface area contributed by atoms with Crippen molar-refractivity contribution in [3.8, 4) is 0 Å². The van der Waals surface area contributed by atoms with Crippen LogP contribution in [0.3, 0.4) is 0 Å². The predicted octanol–water partition coefficient (Wildman–Crippen LogP) is 3.43. The Balaban J connectivity index is 1.44. The Morgan fingerprint density at radius 1 is 1.20 bits per heavy atom. The molecule has 0 radical (unpaired) electrons. The molecule has 1 aliphatic heterocycles. The van der Waals surface area contributed by atoms with Crippen LogP contribution in [-0.4, -0.2) is 39.4 Å². The first-order valence-corrected chi connectivity index (χ1v) is 10.9. The van der Waals surface area contributed by atoms with Gasteiger partial charge in [0.05, 0.1) is 18.4 Å². The van der Waals surface area contributed by atoms with Gasteiger partial charge in [0.1, 0.15) is 0 Å². The van der Waals surface area contributed by atoms with E-state index >= 15 is 0 Å². The van der Waals surface area contributed by atoms with Crippen LogP contribution in [0.25, 0.3) is 5.57 Å². The minimum absolute atomic E-state index is 0.143. The van der Waals surface area contributed by atoms with E-state index in [1.165, 1.54) is 17.6 Å². The van der Waals surface area contributed by atoms with Crippen LogP contribution in [-0.2, 0) is 18.3 Å². The van der Waals surface area contributed by atoms with Gasteiger partial charge in [-0.2, -0.15) is 0 Å². The van der Waals surface area contributed by atoms with E-state index in [9.17, 15) is 9.59 Å². The summed E-state index contributed by atoms with van der Waals surface area (Å²) in [7, 11) is 1.91. The summed E-state index contributed by atoms with van der Waals surface area (Å²) < 4.78 is 1.87. The topological polar surface area (TPSA) is 81.2 Å². The largest absolute Gasteiger partial charge is 0.366 e. The highest BCUT2D eigenvalue weighted by molar-refractivity contribution is 5.98. The van der Waals surface area contributed by atoms with Crippen LogP contribution in [0.1, 0.15) is 71.6 Å². The van der Waals surface area contributed by atoms with Gasteiger partial charge < -0.3 is 15.2 Å². The number of piperidine rings is 1. The number of hydrogen-bond acceptors (Lipinski definition) is 3. The number of rotatable bonds is 5. The molecule has 1 aromatic heterocycles. The van der Waals surface area contributed by atoms with Gasteiger partial charge in [0.15, 0.2) is 0 Å². The van der Waals surface area contributed by atoms with Crippen LogP contribution in [0, 0.1) is 0 Å². The minimum Gasteiger partial charge on any atom is -0.366 e. The van der Waals surface area contributed by atoms with E-state index in [0.29, 0.717) is 17.9 Å². The molecule has 4 rings (SSSR count). The third-order valence-electron chi connectivity index (χ3n) is 6.36. The average molecular weight is 407 g/mol. The monoisotopic (exact) mass is 406 g/mol. The average Bonchev–Trinajstić information content (AvgIpc) is 3.18. The molecule has 0 spiro atoms. The van der Waals surface area contributed by atoms with Gasteiger partial charge in [-0.3, -0.25) is 9.59 Å². The highest BCUT2D eigenvalue weighted by Gasteiger charge is 2.25. The summed E-state index contributed by atoms with van der Waals surface area (Å²) in [5.41, 5.74) is 10.6. The lowest BCUT2D eigenvalue weighted by molar-refractivity contribution is -0.131. The Hall–Kier alpha value is -2.89. The first-order chi connectivity index (χ1) is 14.5. The Bertz CT molecular complexity index is 967. The van der Waals surface area contributed by atoms with E-state index in [1.807, 2.05) is 34.8 Å². The fourth-order valence-corrected chi connectivity index (χ4v) is 4.67. The zero-order valence-electron chi connectivity index (χ0n) is 17.6. The van der Waals surface area contributed by atoms with Gasteiger partial charge in [0.25, 0.3) is 0 Å². The lowest BCUT2D eigenvalue weighted by Crippen LogP contribution is -2.38. The maximum Gasteiger partial charge on any atom is 0.249 e. The Morgan fingerprint density at radius 3 is 2.63 bits per heavy atom. The third-order valence-corrected chi connectivity index (χ3v) is 6.36. The van der Waals surface area contributed by atoms with Crippen molar-refractivity contribution in [2.24, 2.45) is 12.8 Å². The van der Waals surface area contributed by atoms with E-state index in [0.717, 1.165) is 56.5 Å². The summed E-state index contributed by atoms with van der Waals surface area (Å²) >= 11 is 0. The number of benzene rings is 1. The molecule has 2 heterocycles. The molecule has 1 aliphatic carbocycles. The van der Waals surface area contributed by atoms with Crippen LogP contribution in [0.5, 0.6) is 0 Å². The number of aromatic nitrogens is 2. The van der Waals surface area contributed by atoms with Crippen molar-refractivity contribution in [1.29, 1.82) is 0 Å². The molecule has 0 unspecified atom stereocenters. The molecule has 30 heavy (non-hydrogen) atoms. The molecule has 1 saturated heterocycles. The zero-order valence-corrected chi connectivity index (χ0v) is 17.6. The Morgan fingerprint density at radius 2 is 2.00 bits per heavy atom. The van der Waals surface area contributed by atoms with Crippen molar-refractivity contribution < 1.29 is 9.59 Å². The number of carbonyl (C=O) groups is 2. The van der Waals surface area contributed by atoms with Crippen LogP contribution in [0.2, 0.25) is 0 Å². The molecule has 0 atom stereocenters. The summed E-state index contributed by atoms with van der Waals surface area (Å²) in [6.45, 7) is 1.51. The molecular weight excluding hydrogens is 376 g/mol. The molecule has 2 aliphatic rings. The zero-order chi connectivity index (χ0) is 21.1. The lowest BCUT2D eigenvalue weighted by Gasteiger charge is -2.32. The van der Waals surface area contributed by atoms with E-state index in [4.69, 9.17) is 5.73 Å². The number of amides is 2. The van der Waals surface area contributed by atoms with Crippen molar-refractivity contribution in [3.05, 3.63) is 59.2 Å². The number of allylic oxidation sites excluding steroid dienone is 2. The fourth-order valence-electron chi connectivity index (χ4n) is 4.67. The fraction of sp³-hybridized carbons (Fsp3) is 0.458. The number of aryl methyl sites for hydroxylation is 1. The number of primary amides is 1. The van der Waals surface area contributed by atoms with Crippen LogP contribution < -0.4 is 5.73 Å². The van der Waals surface area contributed by atoms with Gasteiger partial charge >= 0.3 is 0 Å². The number of imidazole rings is 1. The smallest absolute Gasteiger partial charge is 0.249 e. The Kier molecular flexibility index (Phi) is 6.02. The third kappa shape index (κ3) is 4.48. The SMILES string of the molecule is Cn1cnc(CC(=O)N2CCC(c3ccc(C(N)=O)c(C4=CCCCC4)c3)CC2)c1. The van der Waals surface area contributed by atoms with Crippen molar-refractivity contribution in [1.82, 2.24) is 14.5 Å². The van der Waals surface area contributed by atoms with Crippen LogP contribution in [0.15, 0.2) is 36.8 Å². The number of likely N-dealkylation sites (tertiary alicyclic amines) is 1. The normalized spacial score (nSPS) is 17.6. The maximum atomic E-state index is 12.6. The number of hydrogen-bond donors (Lipinski definition) is 1. The maximum absolute atomic E-state index is 12.6. The van der Waals surface area contributed by atoms with Crippen molar-refractivity contribution in [2.75, 3.05) is 13.1 Å². The molecule has 158 valence electrons. The summed E-state index contributed by atoms with van der Waals surface area (Å²) in [5, 5.41) is 0. The molecule has 2 N–H and O–H groups in total. The van der Waals surface area contributed by atoms with Crippen molar-refractivity contribution >= 4 is 17.4 Å². The summed E-state index contributed by atoms with van der Waals surface area (Å²) in [4.78, 5) is 30.8. The standard InChI is InChI=1S/C24H30N4O2/c1-27-15-20(26-16-27)14-23(29)28-11-9-17(10-12-28)19-7-8-21(24(25)30)22(13-19)18-5-3-2-4-6-18/h5,7-8,13,15-17H,2-4,6,9-12,14H2,1H3,(H2,25,30). The summed E-state index contributed by atoms with van der Waals surface area (Å²) in [6.07, 6.45) is 12.5.